The molecule has 0 saturated carbocycles. The van der Waals surface area contributed by atoms with E-state index in [2.05, 4.69) is 10.0 Å². The van der Waals surface area contributed by atoms with Gasteiger partial charge in [-0.2, -0.15) is 0 Å². The summed E-state index contributed by atoms with van der Waals surface area (Å²) in [4.78, 5) is 13.4. The number of hydrogen-bond acceptors (Lipinski definition) is 4. The summed E-state index contributed by atoms with van der Waals surface area (Å²) in [5.74, 6) is -0.762. The predicted molar refractivity (Wildman–Crippen MR) is 107 cm³/mol. The molecule has 0 spiro atoms. The molecule has 2 N–H and O–H groups in total. The van der Waals surface area contributed by atoms with Gasteiger partial charge in [0.2, 0.25) is 10.0 Å². The second-order valence-corrected chi connectivity index (χ2v) is 8.98. The number of hydrogen-bond donors (Lipinski definition) is 2. The van der Waals surface area contributed by atoms with Crippen LogP contribution in [0, 0.1) is 5.82 Å². The normalized spacial score (nSPS) is 12.5. The molecule has 5 nitrogen and oxygen atoms in total. The highest BCUT2D eigenvalue weighted by Crippen LogP contribution is 2.17. The molecule has 0 bridgehead atoms. The van der Waals surface area contributed by atoms with Crippen LogP contribution in [0.3, 0.4) is 0 Å². The van der Waals surface area contributed by atoms with Gasteiger partial charge in [0.25, 0.3) is 5.91 Å². The number of amides is 1. The van der Waals surface area contributed by atoms with Gasteiger partial charge in [-0.25, -0.2) is 17.5 Å². The predicted octanol–water partition coefficient (Wildman–Crippen LogP) is 3.86. The summed E-state index contributed by atoms with van der Waals surface area (Å²) < 4.78 is 40.6. The maximum atomic E-state index is 13.0. The van der Waals surface area contributed by atoms with Crippen LogP contribution in [0.2, 0.25) is 0 Å². The molecule has 0 fully saturated rings. The van der Waals surface area contributed by atoms with Crippen molar-refractivity contribution in [2.45, 2.75) is 24.4 Å². The Balaban J connectivity index is 1.71. The fraction of sp³-hybridized carbons (Fsp3) is 0.150. The molecule has 0 unspecified atom stereocenters. The van der Waals surface area contributed by atoms with Crippen molar-refractivity contribution in [2.75, 3.05) is 0 Å². The van der Waals surface area contributed by atoms with E-state index in [1.807, 2.05) is 17.5 Å². The molecule has 1 amide bonds. The highest BCUT2D eigenvalue weighted by molar-refractivity contribution is 7.89. The quantitative estimate of drug-likeness (QED) is 0.612. The molecule has 8 heteroatoms. The maximum Gasteiger partial charge on any atom is 0.251 e. The van der Waals surface area contributed by atoms with Crippen LogP contribution in [0.25, 0.3) is 0 Å². The van der Waals surface area contributed by atoms with Gasteiger partial charge in [0.1, 0.15) is 5.82 Å². The molecule has 3 rings (SSSR count). The Bertz CT molecular complexity index is 1050. The van der Waals surface area contributed by atoms with Crippen molar-refractivity contribution in [3.63, 3.8) is 0 Å². The number of sulfonamides is 1. The largest absolute Gasteiger partial charge is 0.346 e. The molecule has 0 aliphatic heterocycles. The summed E-state index contributed by atoms with van der Waals surface area (Å²) >= 11 is 1.46. The van der Waals surface area contributed by atoms with E-state index in [1.165, 1.54) is 41.7 Å². The van der Waals surface area contributed by atoms with Gasteiger partial charge in [0, 0.05) is 17.0 Å². The van der Waals surface area contributed by atoms with Crippen LogP contribution in [-0.4, -0.2) is 14.3 Å². The molecule has 0 aliphatic rings. The van der Waals surface area contributed by atoms with Gasteiger partial charge in [-0.05, 0) is 54.3 Å². The third kappa shape index (κ3) is 5.03. The van der Waals surface area contributed by atoms with E-state index in [0.29, 0.717) is 0 Å². The van der Waals surface area contributed by atoms with Crippen molar-refractivity contribution >= 4 is 27.3 Å². The van der Waals surface area contributed by atoms with Gasteiger partial charge in [-0.15, -0.1) is 11.3 Å². The Morgan fingerprint density at radius 2 is 1.86 bits per heavy atom. The molecule has 3 aromatic rings. The fourth-order valence-electron chi connectivity index (χ4n) is 2.58. The molecule has 0 aliphatic carbocycles. The summed E-state index contributed by atoms with van der Waals surface area (Å²) in [6, 6.07) is 15.0. The molecular formula is C20H19FN2O3S2. The van der Waals surface area contributed by atoms with Crippen LogP contribution >= 0.6 is 11.3 Å². The number of rotatable bonds is 7. The van der Waals surface area contributed by atoms with Gasteiger partial charge < -0.3 is 5.32 Å². The van der Waals surface area contributed by atoms with Gasteiger partial charge >= 0.3 is 0 Å². The van der Waals surface area contributed by atoms with Gasteiger partial charge in [0.05, 0.1) is 10.9 Å². The Morgan fingerprint density at radius 3 is 2.54 bits per heavy atom. The highest BCUT2D eigenvalue weighted by Gasteiger charge is 2.17. The zero-order chi connectivity index (χ0) is 20.1. The van der Waals surface area contributed by atoms with Gasteiger partial charge in [0.15, 0.2) is 0 Å². The first-order valence-corrected chi connectivity index (χ1v) is 10.9. The van der Waals surface area contributed by atoms with Crippen LogP contribution in [-0.2, 0) is 16.6 Å². The minimum atomic E-state index is -3.74. The summed E-state index contributed by atoms with van der Waals surface area (Å²) in [6.07, 6.45) is 0. The molecular weight excluding hydrogens is 399 g/mol. The van der Waals surface area contributed by atoms with E-state index in [1.54, 1.807) is 25.1 Å². The minimum absolute atomic E-state index is 0.0196. The fourth-order valence-corrected chi connectivity index (χ4v) is 4.37. The van der Waals surface area contributed by atoms with Crippen molar-refractivity contribution in [3.8, 4) is 0 Å². The molecule has 28 heavy (non-hydrogen) atoms. The van der Waals surface area contributed by atoms with Crippen LogP contribution in [0.5, 0.6) is 0 Å². The number of thiophene rings is 1. The number of carbonyl (C=O) groups is 1. The average Bonchev–Trinajstić information content (AvgIpc) is 3.21. The summed E-state index contributed by atoms with van der Waals surface area (Å²) in [7, 11) is -3.74. The van der Waals surface area contributed by atoms with Crippen LogP contribution in [0.1, 0.15) is 33.8 Å². The summed E-state index contributed by atoms with van der Waals surface area (Å²) in [5, 5.41) is 4.66. The molecule has 2 aromatic carbocycles. The lowest BCUT2D eigenvalue weighted by Crippen LogP contribution is -2.27. The van der Waals surface area contributed by atoms with Gasteiger partial charge in [-0.3, -0.25) is 4.79 Å². The Morgan fingerprint density at radius 1 is 1.11 bits per heavy atom. The molecule has 1 aromatic heterocycles. The zero-order valence-electron chi connectivity index (χ0n) is 15.1. The molecule has 1 heterocycles. The summed E-state index contributed by atoms with van der Waals surface area (Å²) in [5.41, 5.74) is 0.976. The van der Waals surface area contributed by atoms with Crippen LogP contribution in [0.4, 0.5) is 4.39 Å². The van der Waals surface area contributed by atoms with E-state index in [4.69, 9.17) is 0 Å². The lowest BCUT2D eigenvalue weighted by Gasteiger charge is -2.15. The zero-order valence-corrected chi connectivity index (χ0v) is 16.7. The van der Waals surface area contributed by atoms with E-state index < -0.39 is 15.9 Å². The van der Waals surface area contributed by atoms with Crippen LogP contribution in [0.15, 0.2) is 70.9 Å². The standard InChI is InChI=1S/C20H19FN2O3S2/c1-14(15-7-9-17(21)10-8-15)23-20(24)16-4-2-6-19(12-16)28(25,26)22-13-18-5-3-11-27-18/h2-12,14,22H,13H2,1H3,(H,23,24)/t14-/m1/s1. The molecule has 0 radical (unpaired) electrons. The molecule has 1 atom stereocenters. The Labute approximate surface area is 167 Å². The average molecular weight is 419 g/mol. The lowest BCUT2D eigenvalue weighted by atomic mass is 10.1. The number of carbonyl (C=O) groups excluding carboxylic acids is 1. The molecule has 146 valence electrons. The smallest absolute Gasteiger partial charge is 0.251 e. The van der Waals surface area contributed by atoms with E-state index in [0.717, 1.165) is 10.4 Å². The van der Waals surface area contributed by atoms with Crippen LogP contribution < -0.4 is 10.0 Å². The Hall–Kier alpha value is -2.55. The first kappa shape index (κ1) is 20.2. The monoisotopic (exact) mass is 418 g/mol. The van der Waals surface area contributed by atoms with E-state index in [9.17, 15) is 17.6 Å². The van der Waals surface area contributed by atoms with Crippen molar-refractivity contribution in [1.82, 2.24) is 10.0 Å². The molecule has 0 saturated heterocycles. The summed E-state index contributed by atoms with van der Waals surface area (Å²) in [6.45, 7) is 1.96. The Kier molecular flexibility index (Phi) is 6.23. The second kappa shape index (κ2) is 8.64. The lowest BCUT2D eigenvalue weighted by molar-refractivity contribution is 0.0939. The number of nitrogens with one attached hydrogen (secondary N) is 2. The number of benzene rings is 2. The third-order valence-electron chi connectivity index (χ3n) is 4.14. The van der Waals surface area contributed by atoms with Gasteiger partial charge in [-0.1, -0.05) is 24.3 Å². The van der Waals surface area contributed by atoms with E-state index >= 15 is 0 Å². The second-order valence-electron chi connectivity index (χ2n) is 6.18. The maximum absolute atomic E-state index is 13.0. The minimum Gasteiger partial charge on any atom is -0.346 e. The first-order valence-electron chi connectivity index (χ1n) is 8.53. The van der Waals surface area contributed by atoms with Crippen molar-refractivity contribution in [2.24, 2.45) is 0 Å². The third-order valence-corrected chi connectivity index (χ3v) is 6.42. The van der Waals surface area contributed by atoms with Crippen molar-refractivity contribution < 1.29 is 17.6 Å². The SMILES string of the molecule is C[C@@H](NC(=O)c1cccc(S(=O)(=O)NCc2cccs2)c1)c1ccc(F)cc1. The number of halogens is 1. The first-order chi connectivity index (χ1) is 13.3. The topological polar surface area (TPSA) is 75.3 Å². The van der Waals surface area contributed by atoms with Crippen molar-refractivity contribution in [3.05, 3.63) is 87.9 Å². The van der Waals surface area contributed by atoms with Crippen molar-refractivity contribution in [1.29, 1.82) is 0 Å². The highest BCUT2D eigenvalue weighted by atomic mass is 32.2. The van der Waals surface area contributed by atoms with E-state index in [-0.39, 0.29) is 28.9 Å².